The Morgan fingerprint density at radius 2 is 0.912 bits per heavy atom. The van der Waals surface area contributed by atoms with Gasteiger partial charge in [-0.05, 0) is 45.9 Å². The summed E-state index contributed by atoms with van der Waals surface area (Å²) in [4.78, 5) is 0. The van der Waals surface area contributed by atoms with E-state index in [1.54, 1.807) is 0 Å². The van der Waals surface area contributed by atoms with Gasteiger partial charge in [-0.1, -0.05) is 135 Å². The molecular formula is C34H34. The molecule has 0 radical (unpaired) electrons. The highest BCUT2D eigenvalue weighted by Gasteiger charge is 2.46. The minimum Gasteiger partial charge on any atom is -0.0770 e. The maximum Gasteiger partial charge on any atom is 0.00897 e. The van der Waals surface area contributed by atoms with Crippen molar-refractivity contribution in [3.05, 3.63) is 132 Å². The Morgan fingerprint density at radius 1 is 0.529 bits per heavy atom. The van der Waals surface area contributed by atoms with Crippen molar-refractivity contribution < 1.29 is 0 Å². The van der Waals surface area contributed by atoms with Crippen LogP contribution < -0.4 is 0 Å². The van der Waals surface area contributed by atoms with E-state index in [2.05, 4.69) is 135 Å². The lowest BCUT2D eigenvalue weighted by molar-refractivity contribution is 0.136. The molecule has 4 atom stereocenters. The Labute approximate surface area is 204 Å². The Kier molecular flexibility index (Phi) is 5.21. The van der Waals surface area contributed by atoms with E-state index in [1.807, 2.05) is 0 Å². The van der Waals surface area contributed by atoms with E-state index in [0.717, 1.165) is 0 Å². The van der Waals surface area contributed by atoms with Gasteiger partial charge in [0.1, 0.15) is 0 Å². The second-order valence-corrected chi connectivity index (χ2v) is 11.0. The second-order valence-electron chi connectivity index (χ2n) is 11.0. The van der Waals surface area contributed by atoms with Crippen LogP contribution in [-0.4, -0.2) is 0 Å². The van der Waals surface area contributed by atoms with Crippen molar-refractivity contribution in [3.63, 3.8) is 0 Å². The monoisotopic (exact) mass is 442 g/mol. The molecule has 0 nitrogen and oxygen atoms in total. The molecule has 170 valence electrons. The molecule has 0 saturated carbocycles. The molecule has 6 rings (SSSR count). The van der Waals surface area contributed by atoms with Gasteiger partial charge >= 0.3 is 0 Å². The fourth-order valence-corrected chi connectivity index (χ4v) is 6.99. The highest BCUT2D eigenvalue weighted by atomic mass is 14.5. The molecule has 2 aromatic rings. The summed E-state index contributed by atoms with van der Waals surface area (Å²) >= 11 is 0. The highest BCUT2D eigenvalue weighted by molar-refractivity contribution is 5.64. The zero-order valence-corrected chi connectivity index (χ0v) is 20.3. The maximum atomic E-state index is 2.54. The Balaban J connectivity index is 1.37. The standard InChI is InChI=1S/C34H34/c1-33(27-13-5-6-14-27,31-21-19-25-11-3-9-17-29(25)31)23-24-34(2,28-15-7-8-16-28)32-22-20-26-12-4-10-18-30(26)32/h3-22,27-28,31-32H,23-24H2,1-2H3. The van der Waals surface area contributed by atoms with Gasteiger partial charge in [-0.15, -0.1) is 0 Å². The average molecular weight is 443 g/mol. The van der Waals surface area contributed by atoms with Crippen molar-refractivity contribution in [3.8, 4) is 0 Å². The van der Waals surface area contributed by atoms with Crippen molar-refractivity contribution in [2.45, 2.75) is 38.5 Å². The van der Waals surface area contributed by atoms with Gasteiger partial charge in [0.05, 0.1) is 0 Å². The number of allylic oxidation sites excluding steroid dienone is 10. The Bertz CT molecular complexity index is 1140. The van der Waals surface area contributed by atoms with Crippen LogP contribution in [0.3, 0.4) is 0 Å². The maximum absolute atomic E-state index is 2.54. The summed E-state index contributed by atoms with van der Waals surface area (Å²) in [5.41, 5.74) is 6.02. The lowest BCUT2D eigenvalue weighted by Gasteiger charge is -2.45. The molecule has 0 aliphatic heterocycles. The van der Waals surface area contributed by atoms with Gasteiger partial charge in [0.15, 0.2) is 0 Å². The number of rotatable bonds is 7. The van der Waals surface area contributed by atoms with Crippen LogP contribution in [0.5, 0.6) is 0 Å². The third kappa shape index (κ3) is 3.35. The van der Waals surface area contributed by atoms with Gasteiger partial charge in [0, 0.05) is 23.7 Å². The molecule has 4 aliphatic carbocycles. The fraction of sp³-hybridized carbons (Fsp3) is 0.294. The molecule has 0 amide bonds. The zero-order chi connectivity index (χ0) is 23.2. The number of hydrogen-bond acceptors (Lipinski definition) is 0. The predicted octanol–water partition coefficient (Wildman–Crippen LogP) is 8.88. The Hall–Kier alpha value is -3.12. The van der Waals surface area contributed by atoms with Crippen LogP contribution in [0.4, 0.5) is 0 Å². The Morgan fingerprint density at radius 3 is 1.32 bits per heavy atom. The van der Waals surface area contributed by atoms with E-state index in [0.29, 0.717) is 23.7 Å². The summed E-state index contributed by atoms with van der Waals surface area (Å²) in [7, 11) is 0. The third-order valence-electron chi connectivity index (χ3n) is 9.24. The van der Waals surface area contributed by atoms with Crippen molar-refractivity contribution in [2.75, 3.05) is 0 Å². The van der Waals surface area contributed by atoms with Gasteiger partial charge in [0.2, 0.25) is 0 Å². The molecule has 34 heavy (non-hydrogen) atoms. The summed E-state index contributed by atoms with van der Waals surface area (Å²) in [6.07, 6.45) is 30.7. The minimum absolute atomic E-state index is 0.127. The van der Waals surface area contributed by atoms with Crippen LogP contribution in [0.1, 0.15) is 60.8 Å². The molecular weight excluding hydrogens is 408 g/mol. The van der Waals surface area contributed by atoms with E-state index in [4.69, 9.17) is 0 Å². The van der Waals surface area contributed by atoms with Gasteiger partial charge in [-0.3, -0.25) is 0 Å². The molecule has 0 heterocycles. The van der Waals surface area contributed by atoms with Crippen molar-refractivity contribution in [1.29, 1.82) is 0 Å². The van der Waals surface area contributed by atoms with Crippen molar-refractivity contribution >= 4 is 12.2 Å². The highest BCUT2D eigenvalue weighted by Crippen LogP contribution is 2.57. The van der Waals surface area contributed by atoms with E-state index in [9.17, 15) is 0 Å². The molecule has 0 heteroatoms. The number of benzene rings is 2. The zero-order valence-electron chi connectivity index (χ0n) is 20.3. The lowest BCUT2D eigenvalue weighted by Crippen LogP contribution is -2.36. The molecule has 2 aromatic carbocycles. The molecule has 0 N–H and O–H groups in total. The number of hydrogen-bond donors (Lipinski definition) is 0. The molecule has 0 saturated heterocycles. The molecule has 0 spiro atoms. The van der Waals surface area contributed by atoms with Crippen molar-refractivity contribution in [1.82, 2.24) is 0 Å². The lowest BCUT2D eigenvalue weighted by atomic mass is 9.58. The largest absolute Gasteiger partial charge is 0.0770 e. The minimum atomic E-state index is 0.127. The summed E-state index contributed by atoms with van der Waals surface area (Å²) in [6.45, 7) is 5.07. The van der Waals surface area contributed by atoms with Gasteiger partial charge in [-0.2, -0.15) is 0 Å². The second kappa shape index (κ2) is 8.27. The summed E-state index contributed by atoms with van der Waals surface area (Å²) < 4.78 is 0. The van der Waals surface area contributed by atoms with E-state index in [1.165, 1.54) is 35.1 Å². The molecule has 4 aliphatic rings. The quantitative estimate of drug-likeness (QED) is 0.401. The average Bonchev–Trinajstić information content (AvgIpc) is 3.68. The first-order valence-electron chi connectivity index (χ1n) is 12.8. The molecule has 0 aromatic heterocycles. The van der Waals surface area contributed by atoms with Crippen molar-refractivity contribution in [2.24, 2.45) is 22.7 Å². The number of fused-ring (bicyclic) bond motifs is 2. The van der Waals surface area contributed by atoms with E-state index >= 15 is 0 Å². The first-order chi connectivity index (χ1) is 16.6. The topological polar surface area (TPSA) is 0 Å². The summed E-state index contributed by atoms with van der Waals surface area (Å²) in [5.74, 6) is 1.79. The fourth-order valence-electron chi connectivity index (χ4n) is 6.99. The summed E-state index contributed by atoms with van der Waals surface area (Å²) in [6, 6.07) is 18.0. The summed E-state index contributed by atoms with van der Waals surface area (Å²) in [5, 5.41) is 0. The van der Waals surface area contributed by atoms with Gasteiger partial charge in [0.25, 0.3) is 0 Å². The molecule has 4 unspecified atom stereocenters. The van der Waals surface area contributed by atoms with Crippen LogP contribution in [0, 0.1) is 22.7 Å². The third-order valence-corrected chi connectivity index (χ3v) is 9.24. The SMILES string of the molecule is CC(CCC(C)(C1C=CC=C1)C1C=Cc2ccccc21)(C1C=CC=C1)C1C=Cc2ccccc21. The van der Waals surface area contributed by atoms with Gasteiger partial charge in [-0.25, -0.2) is 0 Å². The normalized spacial score (nSPS) is 25.7. The van der Waals surface area contributed by atoms with Crippen LogP contribution in [0.25, 0.3) is 12.2 Å². The van der Waals surface area contributed by atoms with Crippen LogP contribution >= 0.6 is 0 Å². The van der Waals surface area contributed by atoms with Crippen LogP contribution in [0.2, 0.25) is 0 Å². The van der Waals surface area contributed by atoms with Gasteiger partial charge < -0.3 is 0 Å². The first kappa shape index (κ1) is 21.4. The molecule has 0 fully saturated rings. The first-order valence-corrected chi connectivity index (χ1v) is 12.8. The van der Waals surface area contributed by atoms with Crippen LogP contribution in [0.15, 0.2) is 109 Å². The predicted molar refractivity (Wildman–Crippen MR) is 145 cm³/mol. The van der Waals surface area contributed by atoms with Crippen LogP contribution in [-0.2, 0) is 0 Å². The smallest absolute Gasteiger partial charge is 0.00897 e. The van der Waals surface area contributed by atoms with E-state index in [-0.39, 0.29) is 10.8 Å². The van der Waals surface area contributed by atoms with E-state index < -0.39 is 0 Å². The molecule has 0 bridgehead atoms.